The van der Waals surface area contributed by atoms with Crippen molar-refractivity contribution in [2.75, 3.05) is 5.32 Å². The van der Waals surface area contributed by atoms with Gasteiger partial charge in [-0.05, 0) is 38.0 Å². The third-order valence-electron chi connectivity index (χ3n) is 3.64. The van der Waals surface area contributed by atoms with E-state index in [0.717, 1.165) is 23.5 Å². The maximum Gasteiger partial charge on any atom is 0.200 e. The number of anilines is 1. The van der Waals surface area contributed by atoms with Crippen LogP contribution >= 0.6 is 0 Å². The van der Waals surface area contributed by atoms with Crippen LogP contribution in [-0.2, 0) is 0 Å². The van der Waals surface area contributed by atoms with Crippen molar-refractivity contribution in [1.82, 2.24) is 9.97 Å². The predicted octanol–water partition coefficient (Wildman–Crippen LogP) is 2.95. The van der Waals surface area contributed by atoms with Crippen LogP contribution in [0.5, 0.6) is 0 Å². The molecule has 1 aromatic rings. The average molecular weight is 207 g/mol. The lowest BCUT2D eigenvalue weighted by atomic mass is 9.79. The van der Waals surface area contributed by atoms with E-state index in [1.54, 1.807) is 0 Å². The molecular weight excluding hydrogens is 186 g/mol. The summed E-state index contributed by atoms with van der Waals surface area (Å²) in [6.07, 6.45) is 5.74. The van der Waals surface area contributed by atoms with Crippen LogP contribution in [0.1, 0.15) is 38.8 Å². The summed E-state index contributed by atoms with van der Waals surface area (Å²) in [7, 11) is 0. The minimum atomic E-state index is 0.599. The van der Waals surface area contributed by atoms with Crippen LogP contribution in [0.3, 0.4) is 0 Å². The van der Waals surface area contributed by atoms with Gasteiger partial charge in [-0.15, -0.1) is 0 Å². The average Bonchev–Trinajstić information content (AvgIpc) is 2.58. The Morgan fingerprint density at radius 3 is 2.73 bits per heavy atom. The Morgan fingerprint density at radius 2 is 2.13 bits per heavy atom. The van der Waals surface area contributed by atoms with E-state index in [0.29, 0.717) is 6.04 Å². The Morgan fingerprint density at radius 1 is 1.33 bits per heavy atom. The van der Waals surface area contributed by atoms with Crippen LogP contribution in [0.15, 0.2) is 6.20 Å². The molecule has 15 heavy (non-hydrogen) atoms. The first kappa shape index (κ1) is 10.5. The van der Waals surface area contributed by atoms with Gasteiger partial charge >= 0.3 is 0 Å². The molecule has 1 aliphatic rings. The van der Waals surface area contributed by atoms with Crippen molar-refractivity contribution in [1.29, 1.82) is 0 Å². The van der Waals surface area contributed by atoms with Crippen molar-refractivity contribution in [2.45, 2.75) is 46.1 Å². The lowest BCUT2D eigenvalue weighted by molar-refractivity contribution is 0.260. The van der Waals surface area contributed by atoms with Gasteiger partial charge in [0.25, 0.3) is 0 Å². The molecule has 0 amide bonds. The van der Waals surface area contributed by atoms with E-state index in [9.17, 15) is 0 Å². The maximum atomic E-state index is 4.29. The molecule has 3 heteroatoms. The van der Waals surface area contributed by atoms with Crippen molar-refractivity contribution in [3.8, 4) is 0 Å². The van der Waals surface area contributed by atoms with Gasteiger partial charge in [-0.25, -0.2) is 4.98 Å². The second-order valence-electron chi connectivity index (χ2n) is 5.02. The van der Waals surface area contributed by atoms with Crippen LogP contribution in [-0.4, -0.2) is 16.0 Å². The normalized spacial score (nSPS) is 31.5. The van der Waals surface area contributed by atoms with Crippen molar-refractivity contribution >= 4 is 5.95 Å². The number of aromatic nitrogens is 2. The first-order chi connectivity index (χ1) is 7.15. The SMILES string of the molecule is Cc1cnc(NC2CCC(C)C(C)C2)[nH]1. The Labute approximate surface area is 91.7 Å². The summed E-state index contributed by atoms with van der Waals surface area (Å²) >= 11 is 0. The molecule has 0 saturated heterocycles. The third-order valence-corrected chi connectivity index (χ3v) is 3.64. The number of hydrogen-bond donors (Lipinski definition) is 2. The number of nitrogens with zero attached hydrogens (tertiary/aromatic N) is 1. The van der Waals surface area contributed by atoms with E-state index in [4.69, 9.17) is 0 Å². The largest absolute Gasteiger partial charge is 0.353 e. The van der Waals surface area contributed by atoms with Crippen LogP contribution in [0.25, 0.3) is 0 Å². The third kappa shape index (κ3) is 2.52. The molecule has 3 unspecified atom stereocenters. The monoisotopic (exact) mass is 207 g/mol. The molecule has 0 radical (unpaired) electrons. The molecule has 0 aromatic carbocycles. The minimum absolute atomic E-state index is 0.599. The highest BCUT2D eigenvalue weighted by Gasteiger charge is 2.24. The molecule has 1 heterocycles. The van der Waals surface area contributed by atoms with Gasteiger partial charge in [-0.2, -0.15) is 0 Å². The summed E-state index contributed by atoms with van der Waals surface area (Å²) in [5, 5.41) is 3.49. The smallest absolute Gasteiger partial charge is 0.200 e. The zero-order valence-corrected chi connectivity index (χ0v) is 9.88. The highest BCUT2D eigenvalue weighted by Crippen LogP contribution is 2.30. The van der Waals surface area contributed by atoms with Crippen LogP contribution < -0.4 is 5.32 Å². The second kappa shape index (κ2) is 4.25. The van der Waals surface area contributed by atoms with Gasteiger partial charge in [-0.1, -0.05) is 13.8 Å². The zero-order chi connectivity index (χ0) is 10.8. The molecule has 2 N–H and O–H groups in total. The number of hydrogen-bond acceptors (Lipinski definition) is 2. The van der Waals surface area contributed by atoms with Gasteiger partial charge in [0.2, 0.25) is 5.95 Å². The topological polar surface area (TPSA) is 40.7 Å². The zero-order valence-electron chi connectivity index (χ0n) is 9.88. The number of H-pyrrole nitrogens is 1. The Bertz CT molecular complexity index is 318. The molecular formula is C12H21N3. The fourth-order valence-electron chi connectivity index (χ4n) is 2.36. The first-order valence-electron chi connectivity index (χ1n) is 5.93. The lowest BCUT2D eigenvalue weighted by Crippen LogP contribution is -2.30. The molecule has 1 fully saturated rings. The molecule has 3 atom stereocenters. The fraction of sp³-hybridized carbons (Fsp3) is 0.750. The lowest BCUT2D eigenvalue weighted by Gasteiger charge is -2.32. The molecule has 0 bridgehead atoms. The number of nitrogens with one attached hydrogen (secondary N) is 2. The predicted molar refractivity (Wildman–Crippen MR) is 62.9 cm³/mol. The number of aryl methyl sites for hydroxylation is 1. The van der Waals surface area contributed by atoms with E-state index in [1.165, 1.54) is 19.3 Å². The van der Waals surface area contributed by atoms with E-state index in [1.807, 2.05) is 13.1 Å². The number of rotatable bonds is 2. The summed E-state index contributed by atoms with van der Waals surface area (Å²) in [6, 6.07) is 0.599. The molecule has 1 aliphatic carbocycles. The van der Waals surface area contributed by atoms with Crippen LogP contribution in [0.2, 0.25) is 0 Å². The molecule has 1 aromatic heterocycles. The molecule has 84 valence electrons. The Balaban J connectivity index is 1.90. The quantitative estimate of drug-likeness (QED) is 0.782. The van der Waals surface area contributed by atoms with Crippen molar-refractivity contribution < 1.29 is 0 Å². The van der Waals surface area contributed by atoms with E-state index >= 15 is 0 Å². The van der Waals surface area contributed by atoms with Crippen molar-refractivity contribution in [3.63, 3.8) is 0 Å². The number of imidazole rings is 1. The van der Waals surface area contributed by atoms with Crippen LogP contribution in [0.4, 0.5) is 5.95 Å². The van der Waals surface area contributed by atoms with Gasteiger partial charge in [0.05, 0.1) is 0 Å². The molecule has 1 saturated carbocycles. The fourth-order valence-corrected chi connectivity index (χ4v) is 2.36. The van der Waals surface area contributed by atoms with Gasteiger partial charge in [-0.3, -0.25) is 0 Å². The first-order valence-corrected chi connectivity index (χ1v) is 5.93. The molecule has 3 nitrogen and oxygen atoms in total. The van der Waals surface area contributed by atoms with Gasteiger partial charge in [0, 0.05) is 17.9 Å². The van der Waals surface area contributed by atoms with E-state index in [2.05, 4.69) is 29.1 Å². The van der Waals surface area contributed by atoms with Gasteiger partial charge in [0.1, 0.15) is 0 Å². The van der Waals surface area contributed by atoms with Gasteiger partial charge in [0.15, 0.2) is 0 Å². The summed E-state index contributed by atoms with van der Waals surface area (Å²) in [5.41, 5.74) is 1.12. The minimum Gasteiger partial charge on any atom is -0.353 e. The Kier molecular flexibility index (Phi) is 2.98. The maximum absolute atomic E-state index is 4.29. The van der Waals surface area contributed by atoms with Crippen molar-refractivity contribution in [2.24, 2.45) is 11.8 Å². The second-order valence-corrected chi connectivity index (χ2v) is 5.02. The summed E-state index contributed by atoms with van der Waals surface area (Å²) in [6.45, 7) is 6.74. The Hall–Kier alpha value is -0.990. The molecule has 2 rings (SSSR count). The molecule has 0 aliphatic heterocycles. The summed E-state index contributed by atoms with van der Waals surface area (Å²) in [4.78, 5) is 7.51. The van der Waals surface area contributed by atoms with E-state index < -0.39 is 0 Å². The highest BCUT2D eigenvalue weighted by molar-refractivity contribution is 5.27. The summed E-state index contributed by atoms with van der Waals surface area (Å²) in [5.74, 6) is 2.63. The standard InChI is InChI=1S/C12H21N3/c1-8-4-5-11(6-9(8)2)15-12-13-7-10(3)14-12/h7-9,11H,4-6H2,1-3H3,(H2,13,14,15). The van der Waals surface area contributed by atoms with E-state index in [-0.39, 0.29) is 0 Å². The van der Waals surface area contributed by atoms with Crippen molar-refractivity contribution in [3.05, 3.63) is 11.9 Å². The number of aromatic amines is 1. The van der Waals surface area contributed by atoms with Gasteiger partial charge < -0.3 is 10.3 Å². The highest BCUT2D eigenvalue weighted by atomic mass is 15.1. The van der Waals surface area contributed by atoms with Crippen LogP contribution in [0, 0.1) is 18.8 Å². The summed E-state index contributed by atoms with van der Waals surface area (Å²) < 4.78 is 0. The molecule has 0 spiro atoms.